The zero-order valence-electron chi connectivity index (χ0n) is 36.4. The van der Waals surface area contributed by atoms with Crippen molar-refractivity contribution in [2.24, 2.45) is 0 Å². The fourth-order valence-corrected chi connectivity index (χ4v) is 9.02. The smallest absolute Gasteiger partial charge is 0.136 e. The zero-order chi connectivity index (χ0) is 43.1. The van der Waals surface area contributed by atoms with Crippen LogP contribution >= 0.6 is 0 Å². The summed E-state index contributed by atoms with van der Waals surface area (Å²) >= 11 is 0. The van der Waals surface area contributed by atoms with Gasteiger partial charge in [0.15, 0.2) is 0 Å². The van der Waals surface area contributed by atoms with Gasteiger partial charge in [0, 0.05) is 27.7 Å². The van der Waals surface area contributed by atoms with Crippen molar-refractivity contribution in [3.63, 3.8) is 0 Å². The van der Waals surface area contributed by atoms with Crippen molar-refractivity contribution in [1.29, 1.82) is 0 Å². The monoisotopic (exact) mass is 767 g/mol. The molecular weight excluding hydrogens is 727 g/mol. The molecule has 0 aliphatic carbocycles. The van der Waals surface area contributed by atoms with E-state index in [1.165, 1.54) is 0 Å². The summed E-state index contributed by atoms with van der Waals surface area (Å²) in [6.07, 6.45) is 0. The number of rotatable bonds is 6. The van der Waals surface area contributed by atoms with Gasteiger partial charge in [0.2, 0.25) is 0 Å². The molecule has 1 heterocycles. The van der Waals surface area contributed by atoms with Crippen molar-refractivity contribution in [2.75, 3.05) is 4.90 Å². The molecule has 0 atom stereocenters. The van der Waals surface area contributed by atoms with Crippen molar-refractivity contribution in [3.05, 3.63) is 224 Å². The molecule has 12 rings (SSSR count). The first-order chi connectivity index (χ1) is 31.4. The van der Waals surface area contributed by atoms with Crippen LogP contribution in [-0.2, 0) is 0 Å². The van der Waals surface area contributed by atoms with Crippen LogP contribution in [0.15, 0.2) is 229 Å². The minimum absolute atomic E-state index is 0.110. The maximum atomic E-state index is 9.81. The van der Waals surface area contributed by atoms with Gasteiger partial charge in [-0.25, -0.2) is 0 Å². The first kappa shape index (κ1) is 30.2. The van der Waals surface area contributed by atoms with Gasteiger partial charge in [-0.2, -0.15) is 0 Å². The summed E-state index contributed by atoms with van der Waals surface area (Å²) in [6.45, 7) is 0. The molecule has 0 bridgehead atoms. The summed E-state index contributed by atoms with van der Waals surface area (Å²) in [6, 6.07) is 67.3. The molecular formula is C58H37NO. The largest absolute Gasteiger partial charge is 0.456 e. The summed E-state index contributed by atoms with van der Waals surface area (Å²) < 4.78 is 45.4. The maximum Gasteiger partial charge on any atom is 0.136 e. The van der Waals surface area contributed by atoms with Gasteiger partial charge in [0.25, 0.3) is 0 Å². The Morgan fingerprint density at radius 3 is 1.77 bits per heavy atom. The molecule has 0 radical (unpaired) electrons. The van der Waals surface area contributed by atoms with Crippen LogP contribution in [-0.4, -0.2) is 0 Å². The van der Waals surface area contributed by atoms with Crippen LogP contribution in [0, 0.1) is 0 Å². The predicted molar refractivity (Wildman–Crippen MR) is 255 cm³/mol. The van der Waals surface area contributed by atoms with E-state index in [9.17, 15) is 5.48 Å². The predicted octanol–water partition coefficient (Wildman–Crippen LogP) is 16.7. The normalized spacial score (nSPS) is 12.6. The first-order valence-corrected chi connectivity index (χ1v) is 20.3. The van der Waals surface area contributed by atoms with Gasteiger partial charge in [-0.15, -0.1) is 0 Å². The van der Waals surface area contributed by atoms with Gasteiger partial charge in [0.05, 0.1) is 11.2 Å². The second-order valence-corrected chi connectivity index (χ2v) is 15.3. The molecule has 0 saturated heterocycles. The number of hydrogen-bond acceptors (Lipinski definition) is 2. The average molecular weight is 768 g/mol. The van der Waals surface area contributed by atoms with E-state index >= 15 is 0 Å². The Bertz CT molecular complexity index is 3820. The number of para-hydroxylation sites is 1. The van der Waals surface area contributed by atoms with Crippen LogP contribution < -0.4 is 4.90 Å². The van der Waals surface area contributed by atoms with Crippen molar-refractivity contribution >= 4 is 82.1 Å². The van der Waals surface area contributed by atoms with Gasteiger partial charge >= 0.3 is 0 Å². The average Bonchev–Trinajstić information content (AvgIpc) is 3.71. The van der Waals surface area contributed by atoms with Crippen LogP contribution in [0.5, 0.6) is 0 Å². The summed E-state index contributed by atoms with van der Waals surface area (Å²) in [4.78, 5) is 1.90. The highest BCUT2D eigenvalue weighted by Gasteiger charge is 2.21. The van der Waals surface area contributed by atoms with Gasteiger partial charge in [-0.3, -0.25) is 0 Å². The molecule has 0 saturated carbocycles. The Morgan fingerprint density at radius 2 is 0.933 bits per heavy atom. The highest BCUT2D eigenvalue weighted by Crippen LogP contribution is 2.46. The molecule has 11 aromatic carbocycles. The minimum atomic E-state index is -0.138. The minimum Gasteiger partial charge on any atom is -0.456 e. The maximum absolute atomic E-state index is 9.81. The van der Waals surface area contributed by atoms with Crippen LogP contribution in [0.25, 0.3) is 98.4 Å². The fraction of sp³-hybridized carbons (Fsp3) is 0. The molecule has 0 amide bonds. The number of benzene rings is 11. The first-order valence-electron chi connectivity index (χ1n) is 22.3. The summed E-state index contributed by atoms with van der Waals surface area (Å²) in [7, 11) is 0. The lowest BCUT2D eigenvalue weighted by molar-refractivity contribution is 0.669. The Hall–Kier alpha value is -7.94. The summed E-state index contributed by atoms with van der Waals surface area (Å²) in [5.74, 6) is 0. The number of hydrogen-bond donors (Lipinski definition) is 0. The lowest BCUT2D eigenvalue weighted by atomic mass is 9.95. The van der Waals surface area contributed by atoms with E-state index in [0.717, 1.165) is 87.3 Å². The Morgan fingerprint density at radius 1 is 0.333 bits per heavy atom. The summed E-state index contributed by atoms with van der Waals surface area (Å²) in [5, 5.41) is 10.7. The van der Waals surface area contributed by atoms with E-state index < -0.39 is 0 Å². The lowest BCUT2D eigenvalue weighted by Gasteiger charge is -2.28. The zero-order valence-corrected chi connectivity index (χ0v) is 32.4. The lowest BCUT2D eigenvalue weighted by Crippen LogP contribution is -2.11. The van der Waals surface area contributed by atoms with Gasteiger partial charge in [-0.05, 0) is 125 Å². The van der Waals surface area contributed by atoms with E-state index in [1.807, 2.05) is 95.9 Å². The second kappa shape index (κ2) is 13.9. The van der Waals surface area contributed by atoms with Crippen LogP contribution in [0.2, 0.25) is 0 Å². The molecule has 0 aliphatic rings. The number of fused-ring (bicyclic) bond motifs is 8. The molecule has 1 aromatic heterocycles. The quantitative estimate of drug-likeness (QED) is 0.157. The molecule has 60 heavy (non-hydrogen) atoms. The standard InChI is InChI=1S/C58H37NO/c1-2-14-43-37-57-54(36-42(43)13-1)58-53(20-10-22-56(58)60-57)52-18-7-8-21-55(52)59(47-32-27-41(28-33-47)50-19-9-15-39-11-3-5-16-48(39)50)46-30-25-38(26-31-46)44-29-34-51-45(35-44)24-23-40-12-4-6-17-49(40)51/h1-37H/i25D,26D,30D,31D. The van der Waals surface area contributed by atoms with Gasteiger partial charge in [0.1, 0.15) is 11.2 Å². The molecule has 0 spiro atoms. The third-order valence-corrected chi connectivity index (χ3v) is 11.9. The third-order valence-electron chi connectivity index (χ3n) is 11.9. The summed E-state index contributed by atoms with van der Waals surface area (Å²) in [5.41, 5.74) is 7.88. The van der Waals surface area contributed by atoms with E-state index in [2.05, 4.69) is 109 Å². The van der Waals surface area contributed by atoms with Crippen LogP contribution in [0.4, 0.5) is 17.1 Å². The Labute approximate surface area is 353 Å². The van der Waals surface area contributed by atoms with Crippen LogP contribution in [0.1, 0.15) is 5.48 Å². The van der Waals surface area contributed by atoms with Gasteiger partial charge < -0.3 is 9.32 Å². The Kier molecular flexibility index (Phi) is 6.98. The highest BCUT2D eigenvalue weighted by atomic mass is 16.3. The number of nitrogens with zero attached hydrogens (tertiary/aromatic N) is 1. The van der Waals surface area contributed by atoms with Crippen molar-refractivity contribution in [3.8, 4) is 33.4 Å². The second-order valence-electron chi connectivity index (χ2n) is 15.3. The molecule has 2 nitrogen and oxygen atoms in total. The van der Waals surface area contributed by atoms with E-state index in [4.69, 9.17) is 4.42 Å². The molecule has 0 unspecified atom stereocenters. The topological polar surface area (TPSA) is 16.4 Å². The van der Waals surface area contributed by atoms with Crippen LogP contribution in [0.3, 0.4) is 0 Å². The van der Waals surface area contributed by atoms with E-state index in [1.54, 1.807) is 0 Å². The molecule has 12 aromatic rings. The molecule has 2 heteroatoms. The van der Waals surface area contributed by atoms with Crippen molar-refractivity contribution in [1.82, 2.24) is 0 Å². The number of furan rings is 1. The van der Waals surface area contributed by atoms with Gasteiger partial charge in [-0.1, -0.05) is 170 Å². The molecule has 0 fully saturated rings. The van der Waals surface area contributed by atoms with Crippen molar-refractivity contribution < 1.29 is 9.90 Å². The third kappa shape index (κ3) is 5.65. The molecule has 0 aliphatic heterocycles. The molecule has 280 valence electrons. The highest BCUT2D eigenvalue weighted by molar-refractivity contribution is 6.17. The van der Waals surface area contributed by atoms with E-state index in [-0.39, 0.29) is 35.4 Å². The van der Waals surface area contributed by atoms with Crippen molar-refractivity contribution in [2.45, 2.75) is 0 Å². The number of anilines is 3. The Balaban J connectivity index is 1.08. The van der Waals surface area contributed by atoms with E-state index in [0.29, 0.717) is 16.9 Å². The fourth-order valence-electron chi connectivity index (χ4n) is 9.02. The SMILES string of the molecule is [2H]c1c([2H])c(N(c2ccc(-c3cccc4ccccc34)cc2)c2ccccc2-c2cccc3oc4cc5ccccc5cc4c23)c([2H])c([2H])c1-c1ccc2c(ccc3ccccc32)c1. The molecule has 0 N–H and O–H groups in total.